The second-order valence-electron chi connectivity index (χ2n) is 5.50. The van der Waals surface area contributed by atoms with E-state index in [0.717, 1.165) is 5.56 Å². The summed E-state index contributed by atoms with van der Waals surface area (Å²) >= 11 is 0. The highest BCUT2D eigenvalue weighted by atomic mass is 32.2. The zero-order chi connectivity index (χ0) is 15.3. The van der Waals surface area contributed by atoms with E-state index in [-0.39, 0.29) is 23.5 Å². The predicted molar refractivity (Wildman–Crippen MR) is 83.2 cm³/mol. The first-order valence-electron chi connectivity index (χ1n) is 7.25. The van der Waals surface area contributed by atoms with Crippen molar-refractivity contribution < 1.29 is 13.2 Å². The van der Waals surface area contributed by atoms with E-state index in [1.165, 1.54) is 0 Å². The number of carbonyl (C=O) groups excluding carboxylic acids is 1. The average Bonchev–Trinajstić information content (AvgIpc) is 2.45. The minimum atomic E-state index is -2.81. The van der Waals surface area contributed by atoms with Gasteiger partial charge in [0.15, 0.2) is 0 Å². The third-order valence-corrected chi connectivity index (χ3v) is 5.43. The molecule has 0 saturated carbocycles. The number of rotatable bonds is 5. The zero-order valence-corrected chi connectivity index (χ0v) is 13.1. The molecule has 2 N–H and O–H groups in total. The molecule has 1 aliphatic rings. The van der Waals surface area contributed by atoms with E-state index in [2.05, 4.69) is 10.6 Å². The Hall–Kier alpha value is -1.40. The molecule has 1 amide bonds. The lowest BCUT2D eigenvalue weighted by Gasteiger charge is -2.23. The van der Waals surface area contributed by atoms with Crippen LogP contribution in [0.5, 0.6) is 0 Å². The molecule has 6 heteroatoms. The number of hydrogen-bond donors (Lipinski definition) is 2. The van der Waals surface area contributed by atoms with Crippen LogP contribution >= 0.6 is 0 Å². The van der Waals surface area contributed by atoms with Crippen molar-refractivity contribution in [2.24, 2.45) is 0 Å². The molecule has 21 heavy (non-hydrogen) atoms. The number of carbonyl (C=O) groups is 1. The SMILES string of the molecule is Cc1ccc(C(=O)NCCNC2CCS(=O)(=O)CC2)cc1. The summed E-state index contributed by atoms with van der Waals surface area (Å²) in [7, 11) is -2.81. The van der Waals surface area contributed by atoms with E-state index in [0.29, 0.717) is 31.5 Å². The van der Waals surface area contributed by atoms with Crippen molar-refractivity contribution in [1.29, 1.82) is 0 Å². The summed E-state index contributed by atoms with van der Waals surface area (Å²) in [5.74, 6) is 0.448. The minimum absolute atomic E-state index is 0.0805. The molecule has 0 bridgehead atoms. The molecule has 5 nitrogen and oxygen atoms in total. The van der Waals surface area contributed by atoms with Crippen LogP contribution in [0.4, 0.5) is 0 Å². The summed E-state index contributed by atoms with van der Waals surface area (Å²) in [5.41, 5.74) is 1.78. The Morgan fingerprint density at radius 3 is 2.38 bits per heavy atom. The first-order chi connectivity index (χ1) is 9.96. The number of benzene rings is 1. The summed E-state index contributed by atoms with van der Waals surface area (Å²) < 4.78 is 22.6. The van der Waals surface area contributed by atoms with Crippen molar-refractivity contribution in [2.45, 2.75) is 25.8 Å². The highest BCUT2D eigenvalue weighted by Gasteiger charge is 2.22. The van der Waals surface area contributed by atoms with Crippen molar-refractivity contribution in [3.8, 4) is 0 Å². The number of amides is 1. The van der Waals surface area contributed by atoms with Gasteiger partial charge in [0.05, 0.1) is 11.5 Å². The molecule has 0 atom stereocenters. The Bertz CT molecular complexity index is 567. The molecule has 116 valence electrons. The molecule has 1 aromatic rings. The summed E-state index contributed by atoms with van der Waals surface area (Å²) in [5, 5.41) is 6.15. The van der Waals surface area contributed by atoms with E-state index in [1.807, 2.05) is 31.2 Å². The Morgan fingerprint density at radius 2 is 1.76 bits per heavy atom. The standard InChI is InChI=1S/C15H22N2O3S/c1-12-2-4-13(5-3-12)15(18)17-9-8-16-14-6-10-21(19,20)11-7-14/h2-5,14,16H,6-11H2,1H3,(H,17,18). The van der Waals surface area contributed by atoms with Gasteiger partial charge in [0.1, 0.15) is 9.84 Å². The van der Waals surface area contributed by atoms with E-state index in [1.54, 1.807) is 0 Å². The lowest BCUT2D eigenvalue weighted by atomic mass is 10.1. The Kier molecular flexibility index (Phi) is 5.36. The quantitative estimate of drug-likeness (QED) is 0.792. The van der Waals surface area contributed by atoms with Crippen LogP contribution in [0.25, 0.3) is 0 Å². The third-order valence-electron chi connectivity index (χ3n) is 3.71. The van der Waals surface area contributed by atoms with E-state index >= 15 is 0 Å². The van der Waals surface area contributed by atoms with Crippen LogP contribution in [-0.2, 0) is 9.84 Å². The predicted octanol–water partition coefficient (Wildman–Crippen LogP) is 0.892. The van der Waals surface area contributed by atoms with Crippen LogP contribution < -0.4 is 10.6 Å². The molecule has 0 spiro atoms. The molecule has 2 rings (SSSR count). The Morgan fingerprint density at radius 1 is 1.14 bits per heavy atom. The molecule has 1 saturated heterocycles. The minimum Gasteiger partial charge on any atom is -0.351 e. The van der Waals surface area contributed by atoms with Crippen LogP contribution in [-0.4, -0.2) is 45.0 Å². The van der Waals surface area contributed by atoms with Gasteiger partial charge >= 0.3 is 0 Å². The molecular weight excluding hydrogens is 288 g/mol. The molecule has 0 aliphatic carbocycles. The first kappa shape index (κ1) is 16.0. The second-order valence-corrected chi connectivity index (χ2v) is 7.81. The van der Waals surface area contributed by atoms with Crippen molar-refractivity contribution in [3.63, 3.8) is 0 Å². The van der Waals surface area contributed by atoms with E-state index in [9.17, 15) is 13.2 Å². The van der Waals surface area contributed by atoms with Gasteiger partial charge in [0.2, 0.25) is 0 Å². The fraction of sp³-hybridized carbons (Fsp3) is 0.533. The maximum absolute atomic E-state index is 11.9. The molecule has 1 fully saturated rings. The van der Waals surface area contributed by atoms with Gasteiger partial charge in [0.25, 0.3) is 5.91 Å². The van der Waals surface area contributed by atoms with Gasteiger partial charge in [-0.25, -0.2) is 8.42 Å². The number of nitrogens with one attached hydrogen (secondary N) is 2. The molecule has 1 aromatic carbocycles. The normalized spacial score (nSPS) is 18.3. The van der Waals surface area contributed by atoms with Gasteiger partial charge in [0, 0.05) is 24.7 Å². The smallest absolute Gasteiger partial charge is 0.251 e. The highest BCUT2D eigenvalue weighted by Crippen LogP contribution is 2.11. The zero-order valence-electron chi connectivity index (χ0n) is 12.3. The van der Waals surface area contributed by atoms with Crippen LogP contribution in [0.15, 0.2) is 24.3 Å². The second kappa shape index (κ2) is 7.04. The largest absolute Gasteiger partial charge is 0.351 e. The van der Waals surface area contributed by atoms with Gasteiger partial charge in [-0.15, -0.1) is 0 Å². The topological polar surface area (TPSA) is 75.3 Å². The number of aryl methyl sites for hydroxylation is 1. The van der Waals surface area contributed by atoms with E-state index in [4.69, 9.17) is 0 Å². The van der Waals surface area contributed by atoms with Crippen molar-refractivity contribution in [1.82, 2.24) is 10.6 Å². The molecule has 0 radical (unpaired) electrons. The number of sulfone groups is 1. The molecular formula is C15H22N2O3S. The van der Waals surface area contributed by atoms with Gasteiger partial charge in [-0.05, 0) is 31.9 Å². The fourth-order valence-electron chi connectivity index (χ4n) is 2.35. The van der Waals surface area contributed by atoms with Gasteiger partial charge < -0.3 is 10.6 Å². The third kappa shape index (κ3) is 5.13. The molecule has 0 aromatic heterocycles. The summed E-state index contributed by atoms with van der Waals surface area (Å²) in [6, 6.07) is 7.68. The van der Waals surface area contributed by atoms with Crippen LogP contribution in [0, 0.1) is 6.92 Å². The molecule has 1 heterocycles. The molecule has 0 unspecified atom stereocenters. The summed E-state index contributed by atoms with van der Waals surface area (Å²) in [6.07, 6.45) is 1.32. The van der Waals surface area contributed by atoms with Crippen LogP contribution in [0.3, 0.4) is 0 Å². The van der Waals surface area contributed by atoms with Crippen molar-refractivity contribution in [2.75, 3.05) is 24.6 Å². The lowest BCUT2D eigenvalue weighted by molar-refractivity contribution is 0.0953. The maximum Gasteiger partial charge on any atom is 0.251 e. The fourth-order valence-corrected chi connectivity index (χ4v) is 3.84. The Balaban J connectivity index is 1.66. The summed E-state index contributed by atoms with van der Waals surface area (Å²) in [6.45, 7) is 3.17. The van der Waals surface area contributed by atoms with Gasteiger partial charge in [-0.3, -0.25) is 4.79 Å². The molecule has 1 aliphatic heterocycles. The van der Waals surface area contributed by atoms with Crippen molar-refractivity contribution >= 4 is 15.7 Å². The summed E-state index contributed by atoms with van der Waals surface area (Å²) in [4.78, 5) is 11.9. The van der Waals surface area contributed by atoms with Crippen molar-refractivity contribution in [3.05, 3.63) is 35.4 Å². The maximum atomic E-state index is 11.9. The van der Waals surface area contributed by atoms with Crippen LogP contribution in [0.2, 0.25) is 0 Å². The van der Waals surface area contributed by atoms with E-state index < -0.39 is 9.84 Å². The highest BCUT2D eigenvalue weighted by molar-refractivity contribution is 7.91. The number of hydrogen-bond acceptors (Lipinski definition) is 4. The first-order valence-corrected chi connectivity index (χ1v) is 9.07. The monoisotopic (exact) mass is 310 g/mol. The van der Waals surface area contributed by atoms with Crippen LogP contribution in [0.1, 0.15) is 28.8 Å². The van der Waals surface area contributed by atoms with Gasteiger partial charge in [-0.2, -0.15) is 0 Å². The lowest BCUT2D eigenvalue weighted by Crippen LogP contribution is -2.41. The average molecular weight is 310 g/mol. The Labute approximate surface area is 126 Å². The van der Waals surface area contributed by atoms with Gasteiger partial charge in [-0.1, -0.05) is 17.7 Å².